The van der Waals surface area contributed by atoms with Gasteiger partial charge in [-0.15, -0.1) is 0 Å². The van der Waals surface area contributed by atoms with Crippen molar-refractivity contribution in [2.45, 2.75) is 0 Å². The lowest BCUT2D eigenvalue weighted by Gasteiger charge is -1.80. The van der Waals surface area contributed by atoms with Crippen molar-refractivity contribution >= 4 is 16.4 Å². The van der Waals surface area contributed by atoms with Gasteiger partial charge in [-0.3, -0.25) is 0 Å². The monoisotopic (exact) mass is 115 g/mol. The van der Waals surface area contributed by atoms with Crippen LogP contribution in [0.25, 0.3) is 16.4 Å². The van der Waals surface area contributed by atoms with Gasteiger partial charge in [-0.05, 0) is 24.3 Å². The highest BCUT2D eigenvalue weighted by molar-refractivity contribution is 5.91. The second kappa shape index (κ2) is 0.903. The van der Waals surface area contributed by atoms with E-state index < -0.39 is 0 Å². The molecule has 3 aromatic rings. The van der Waals surface area contributed by atoms with Crippen LogP contribution >= 0.6 is 0 Å². The second-order valence-corrected chi connectivity index (χ2v) is 2.43. The number of rotatable bonds is 0. The molecule has 0 aliphatic heterocycles. The summed E-state index contributed by atoms with van der Waals surface area (Å²) < 4.78 is 2.20. The summed E-state index contributed by atoms with van der Waals surface area (Å²) in [5, 5.41) is 1.37. The van der Waals surface area contributed by atoms with E-state index in [1.807, 2.05) is 0 Å². The molecule has 9 heavy (non-hydrogen) atoms. The van der Waals surface area contributed by atoms with Crippen molar-refractivity contribution in [3.63, 3.8) is 0 Å². The Balaban J connectivity index is 3.03. The molecule has 0 N–H and O–H groups in total. The van der Waals surface area contributed by atoms with E-state index in [1.54, 1.807) is 0 Å². The molecule has 0 spiro atoms. The van der Waals surface area contributed by atoms with Crippen LogP contribution in [0, 0.1) is 0 Å². The molecule has 0 fully saturated rings. The molecule has 0 aliphatic carbocycles. The minimum absolute atomic E-state index is 1.32. The molecule has 0 unspecified atom stereocenters. The molecule has 3 heterocycles. The van der Waals surface area contributed by atoms with Crippen molar-refractivity contribution in [2.24, 2.45) is 0 Å². The van der Waals surface area contributed by atoms with Gasteiger partial charge < -0.3 is 4.40 Å². The molecule has 0 atom stereocenters. The SMILES string of the molecule is c1cn2c3ccc2c1c3. The molecule has 0 amide bonds. The molecule has 4 bridgehead atoms. The van der Waals surface area contributed by atoms with Gasteiger partial charge in [0.25, 0.3) is 0 Å². The van der Waals surface area contributed by atoms with Crippen LogP contribution in [0.5, 0.6) is 0 Å². The minimum atomic E-state index is 1.32. The van der Waals surface area contributed by atoms with Gasteiger partial charge in [0.2, 0.25) is 0 Å². The van der Waals surface area contributed by atoms with Gasteiger partial charge in [0.15, 0.2) is 0 Å². The van der Waals surface area contributed by atoms with Crippen LogP contribution in [0.3, 0.4) is 0 Å². The fraction of sp³-hybridized carbons (Fsp3) is 0. The third kappa shape index (κ3) is 0.250. The highest BCUT2D eigenvalue weighted by Crippen LogP contribution is 2.24. The third-order valence-electron chi connectivity index (χ3n) is 1.95. The quantitative estimate of drug-likeness (QED) is 0.422. The number of nitrogens with zero attached hydrogens (tertiary/aromatic N) is 1. The highest BCUT2D eigenvalue weighted by Gasteiger charge is 2.04. The van der Waals surface area contributed by atoms with E-state index in [4.69, 9.17) is 0 Å². The Bertz CT molecular complexity index is 384. The number of aromatic nitrogens is 1. The molecule has 3 rings (SSSR count). The number of pyridine rings is 1. The van der Waals surface area contributed by atoms with Crippen LogP contribution in [-0.4, -0.2) is 4.40 Å². The van der Waals surface area contributed by atoms with Gasteiger partial charge in [-0.1, -0.05) is 0 Å². The molecular weight excluding hydrogens is 110 g/mol. The van der Waals surface area contributed by atoms with Crippen molar-refractivity contribution in [3.8, 4) is 0 Å². The van der Waals surface area contributed by atoms with Gasteiger partial charge in [-0.25, -0.2) is 0 Å². The summed E-state index contributed by atoms with van der Waals surface area (Å²) in [4.78, 5) is 0. The summed E-state index contributed by atoms with van der Waals surface area (Å²) in [6, 6.07) is 8.64. The van der Waals surface area contributed by atoms with Crippen LogP contribution in [-0.2, 0) is 0 Å². The van der Waals surface area contributed by atoms with E-state index in [-0.39, 0.29) is 0 Å². The fourth-order valence-electron chi connectivity index (χ4n) is 1.50. The van der Waals surface area contributed by atoms with Gasteiger partial charge >= 0.3 is 0 Å². The molecule has 0 saturated carbocycles. The summed E-state index contributed by atoms with van der Waals surface area (Å²) in [6.45, 7) is 0. The largest absolute Gasteiger partial charge is 0.317 e. The first-order valence-corrected chi connectivity index (χ1v) is 3.07. The molecule has 0 saturated heterocycles. The average molecular weight is 115 g/mol. The molecule has 0 aliphatic rings. The first kappa shape index (κ1) is 3.72. The lowest BCUT2D eigenvalue weighted by molar-refractivity contribution is 1.31. The summed E-state index contributed by atoms with van der Waals surface area (Å²) in [7, 11) is 0. The summed E-state index contributed by atoms with van der Waals surface area (Å²) in [5.74, 6) is 0. The van der Waals surface area contributed by atoms with Crippen molar-refractivity contribution < 1.29 is 0 Å². The Hall–Kier alpha value is -1.24. The molecule has 3 aromatic heterocycles. The predicted molar refractivity (Wildman–Crippen MR) is 37.3 cm³/mol. The van der Waals surface area contributed by atoms with Crippen molar-refractivity contribution in [3.05, 3.63) is 30.5 Å². The van der Waals surface area contributed by atoms with E-state index in [2.05, 4.69) is 34.9 Å². The van der Waals surface area contributed by atoms with Crippen molar-refractivity contribution in [2.75, 3.05) is 0 Å². The van der Waals surface area contributed by atoms with Crippen LogP contribution in [0.2, 0.25) is 0 Å². The number of hydrogen-bond donors (Lipinski definition) is 0. The van der Waals surface area contributed by atoms with Crippen molar-refractivity contribution in [1.82, 2.24) is 4.40 Å². The Morgan fingerprint density at radius 3 is 2.67 bits per heavy atom. The highest BCUT2D eigenvalue weighted by atomic mass is 14.9. The zero-order chi connectivity index (χ0) is 5.84. The number of benzene rings is 1. The number of hydrogen-bond acceptors (Lipinski definition) is 0. The predicted octanol–water partition coefficient (Wildman–Crippen LogP) is 1.97. The molecule has 1 nitrogen and oxygen atoms in total. The van der Waals surface area contributed by atoms with E-state index in [0.717, 1.165) is 0 Å². The summed E-state index contributed by atoms with van der Waals surface area (Å²) >= 11 is 0. The lowest BCUT2D eigenvalue weighted by atomic mass is 10.3. The van der Waals surface area contributed by atoms with Crippen LogP contribution in [0.4, 0.5) is 0 Å². The zero-order valence-corrected chi connectivity index (χ0v) is 4.83. The molecular formula is C8H5N. The van der Waals surface area contributed by atoms with Crippen LogP contribution in [0.1, 0.15) is 0 Å². The molecule has 0 radical (unpaired) electrons. The maximum absolute atomic E-state index is 2.20. The second-order valence-electron chi connectivity index (χ2n) is 2.43. The summed E-state index contributed by atoms with van der Waals surface area (Å²) in [5.41, 5.74) is 2.67. The topological polar surface area (TPSA) is 4.41 Å². The molecule has 42 valence electrons. The maximum Gasteiger partial charge on any atom is 0.0529 e. The molecule has 1 heteroatoms. The first-order chi connectivity index (χ1) is 4.45. The van der Waals surface area contributed by atoms with Gasteiger partial charge in [0, 0.05) is 17.1 Å². The fourth-order valence-corrected chi connectivity index (χ4v) is 1.50. The normalized spacial score (nSPS) is 12.4. The zero-order valence-electron chi connectivity index (χ0n) is 4.83. The Morgan fingerprint density at radius 2 is 2.11 bits per heavy atom. The van der Waals surface area contributed by atoms with Gasteiger partial charge in [0.1, 0.15) is 0 Å². The van der Waals surface area contributed by atoms with Crippen LogP contribution < -0.4 is 0 Å². The Kier molecular flexibility index (Phi) is 0.374. The summed E-state index contributed by atoms with van der Waals surface area (Å²) in [6.07, 6.45) is 2.11. The van der Waals surface area contributed by atoms with Gasteiger partial charge in [-0.2, -0.15) is 0 Å². The van der Waals surface area contributed by atoms with Crippen LogP contribution in [0.15, 0.2) is 30.5 Å². The Morgan fingerprint density at radius 1 is 1.11 bits per heavy atom. The third-order valence-corrected chi connectivity index (χ3v) is 1.95. The maximum atomic E-state index is 2.20. The van der Waals surface area contributed by atoms with E-state index in [0.29, 0.717) is 0 Å². The standard InChI is InChI=1S/C8H5N/c1-2-8-6-3-4-9(8)7(1)5-6/h1-5H. The van der Waals surface area contributed by atoms with Crippen molar-refractivity contribution in [1.29, 1.82) is 0 Å². The van der Waals surface area contributed by atoms with Gasteiger partial charge in [0.05, 0.1) is 5.52 Å². The first-order valence-electron chi connectivity index (χ1n) is 3.07. The van der Waals surface area contributed by atoms with E-state index >= 15 is 0 Å². The Labute approximate surface area is 52.2 Å². The smallest absolute Gasteiger partial charge is 0.0529 e. The molecule has 0 aromatic carbocycles. The van der Waals surface area contributed by atoms with E-state index in [9.17, 15) is 0 Å². The minimum Gasteiger partial charge on any atom is -0.317 e. The average Bonchev–Trinajstić information content (AvgIpc) is 2.50. The van der Waals surface area contributed by atoms with E-state index in [1.165, 1.54) is 16.4 Å². The lowest BCUT2D eigenvalue weighted by Crippen LogP contribution is -1.67.